The van der Waals surface area contributed by atoms with Crippen LogP contribution in [-0.4, -0.2) is 83.4 Å². The molecular formula is C26H24Cl2N8O8S2. The van der Waals surface area contributed by atoms with Crippen molar-refractivity contribution in [1.82, 2.24) is 30.8 Å². The highest BCUT2D eigenvalue weighted by molar-refractivity contribution is 7.93. The van der Waals surface area contributed by atoms with Crippen LogP contribution in [0.1, 0.15) is 0 Å². The lowest BCUT2D eigenvalue weighted by Crippen LogP contribution is -2.47. The van der Waals surface area contributed by atoms with Crippen LogP contribution in [0.5, 0.6) is 0 Å². The third-order valence-electron chi connectivity index (χ3n) is 5.72. The molecular weight excluding hydrogens is 687 g/mol. The van der Waals surface area contributed by atoms with E-state index in [0.717, 1.165) is 0 Å². The Morgan fingerprint density at radius 3 is 1.24 bits per heavy atom. The summed E-state index contributed by atoms with van der Waals surface area (Å²) in [6, 6.07) is 13.4. The molecule has 0 atom stereocenters. The number of benzene rings is 2. The van der Waals surface area contributed by atoms with Gasteiger partial charge in [0.05, 0.1) is 23.8 Å². The van der Waals surface area contributed by atoms with Crippen molar-refractivity contribution in [3.8, 4) is 22.5 Å². The Kier molecular flexibility index (Phi) is 10.8. The van der Waals surface area contributed by atoms with Crippen LogP contribution in [0.15, 0.2) is 60.9 Å². The second-order valence-corrected chi connectivity index (χ2v) is 14.6. The Morgan fingerprint density at radius 1 is 0.565 bits per heavy atom. The topological polar surface area (TPSA) is 242 Å². The number of nitrogens with one attached hydrogen (secondary N) is 6. The Labute approximate surface area is 271 Å². The Morgan fingerprint density at radius 2 is 0.891 bits per heavy atom. The van der Waals surface area contributed by atoms with Crippen LogP contribution in [-0.2, 0) is 38.9 Å². The zero-order valence-electron chi connectivity index (χ0n) is 23.3. The molecule has 0 aliphatic heterocycles. The van der Waals surface area contributed by atoms with Crippen LogP contribution in [0.2, 0.25) is 10.0 Å². The molecule has 0 saturated heterocycles. The van der Waals surface area contributed by atoms with E-state index in [0.29, 0.717) is 32.6 Å². The normalized spacial score (nSPS) is 11.4. The average molecular weight is 712 g/mol. The minimum absolute atomic E-state index is 0.0383. The quantitative estimate of drug-likeness (QED) is 0.115. The molecule has 16 nitrogen and oxygen atoms in total. The molecule has 0 unspecified atom stereocenters. The van der Waals surface area contributed by atoms with Gasteiger partial charge in [0.15, 0.2) is 19.7 Å². The first kappa shape index (κ1) is 34.1. The molecule has 4 amide bonds. The summed E-state index contributed by atoms with van der Waals surface area (Å²) in [5.74, 6) is -9.13. The minimum atomic E-state index is -4.31. The Bertz CT molecular complexity index is 1830. The van der Waals surface area contributed by atoms with Gasteiger partial charge in [-0.15, -0.1) is 0 Å². The number of halogens is 2. The maximum atomic E-state index is 12.3. The summed E-state index contributed by atoms with van der Waals surface area (Å²) in [7, 11) is -8.63. The number of hydrogen-bond donors (Lipinski definition) is 6. The first-order valence-corrected chi connectivity index (χ1v) is 17.3. The van der Waals surface area contributed by atoms with Gasteiger partial charge >= 0.3 is 0 Å². The van der Waals surface area contributed by atoms with E-state index in [9.17, 15) is 36.0 Å². The van der Waals surface area contributed by atoms with Gasteiger partial charge in [-0.05, 0) is 35.4 Å². The largest absolute Gasteiger partial charge is 0.324 e. The van der Waals surface area contributed by atoms with Crippen LogP contribution >= 0.6 is 23.2 Å². The third kappa shape index (κ3) is 10.4. The standard InChI is InChI=1S/C26H24Cl2N8O8S2/c27-17-5-1-15(2-6-17)19-9-29-25(31-19)33-21(37)11-45(41,42)13-23(39)35-36-24(40)14-46(43,44)12-22(38)34-26-30-10-20(32-26)16-3-7-18(28)8-4-16/h1-10H,11-14H2,(H,35,39)(H,36,40)(H2,29,31,33,37)(H2,30,32,34,38). The number of hydrazine groups is 1. The number of nitrogens with zero attached hydrogens (tertiary/aromatic N) is 2. The highest BCUT2D eigenvalue weighted by atomic mass is 35.5. The van der Waals surface area contributed by atoms with Gasteiger partial charge in [0.2, 0.25) is 23.7 Å². The second-order valence-electron chi connectivity index (χ2n) is 9.56. The van der Waals surface area contributed by atoms with Crippen molar-refractivity contribution in [2.24, 2.45) is 0 Å². The maximum Gasteiger partial charge on any atom is 0.253 e. The molecule has 242 valence electrons. The molecule has 4 rings (SSSR count). The Hall–Kier alpha value is -4.78. The van der Waals surface area contributed by atoms with E-state index in [1.54, 1.807) is 59.4 Å². The van der Waals surface area contributed by atoms with E-state index in [-0.39, 0.29) is 11.9 Å². The first-order chi connectivity index (χ1) is 21.7. The second kappa shape index (κ2) is 14.5. The fraction of sp³-hybridized carbons (Fsp3) is 0.154. The number of rotatable bonds is 12. The summed E-state index contributed by atoms with van der Waals surface area (Å²) < 4.78 is 49.2. The summed E-state index contributed by atoms with van der Waals surface area (Å²) in [4.78, 5) is 62.1. The van der Waals surface area contributed by atoms with Gasteiger partial charge in [0.1, 0.15) is 23.0 Å². The van der Waals surface area contributed by atoms with E-state index in [4.69, 9.17) is 23.2 Å². The molecule has 46 heavy (non-hydrogen) atoms. The van der Waals surface area contributed by atoms with Crippen LogP contribution in [0.3, 0.4) is 0 Å². The maximum absolute atomic E-state index is 12.3. The molecule has 0 spiro atoms. The van der Waals surface area contributed by atoms with Gasteiger partial charge in [-0.25, -0.2) is 26.8 Å². The van der Waals surface area contributed by atoms with Gasteiger partial charge in [0.25, 0.3) is 11.8 Å². The van der Waals surface area contributed by atoms with E-state index in [1.165, 1.54) is 12.4 Å². The number of hydrogen-bond acceptors (Lipinski definition) is 10. The van der Waals surface area contributed by atoms with Crippen LogP contribution in [0.4, 0.5) is 11.9 Å². The number of aromatic amines is 2. The van der Waals surface area contributed by atoms with Crippen LogP contribution < -0.4 is 21.5 Å². The summed E-state index contributed by atoms with van der Waals surface area (Å²) in [5, 5.41) is 5.58. The highest BCUT2D eigenvalue weighted by Gasteiger charge is 2.24. The predicted molar refractivity (Wildman–Crippen MR) is 169 cm³/mol. The first-order valence-electron chi connectivity index (χ1n) is 12.9. The minimum Gasteiger partial charge on any atom is -0.324 e. The van der Waals surface area contributed by atoms with Gasteiger partial charge in [-0.2, -0.15) is 0 Å². The van der Waals surface area contributed by atoms with E-state index in [1.807, 2.05) is 0 Å². The Balaban J connectivity index is 1.18. The number of anilines is 2. The average Bonchev–Trinajstić information content (AvgIpc) is 3.61. The van der Waals surface area contributed by atoms with Crippen LogP contribution in [0, 0.1) is 0 Å². The van der Waals surface area contributed by atoms with Crippen molar-refractivity contribution in [3.05, 3.63) is 71.0 Å². The molecule has 0 bridgehead atoms. The van der Waals surface area contributed by atoms with Gasteiger partial charge in [0, 0.05) is 10.0 Å². The van der Waals surface area contributed by atoms with Crippen LogP contribution in [0.25, 0.3) is 22.5 Å². The van der Waals surface area contributed by atoms with E-state index >= 15 is 0 Å². The number of carbonyl (C=O) groups is 4. The SMILES string of the molecule is O=C(CS(=O)(=O)CC(=O)Nc1ncc(-c2ccc(Cl)cc2)[nH]1)NNC(=O)CS(=O)(=O)CC(=O)Nc1ncc(-c2ccc(Cl)cc2)[nH]1. The molecule has 0 fully saturated rings. The monoisotopic (exact) mass is 710 g/mol. The predicted octanol–water partition coefficient (Wildman–Crippen LogP) is 1.33. The van der Waals surface area contributed by atoms with Gasteiger partial charge in [-0.1, -0.05) is 47.5 Å². The molecule has 0 radical (unpaired) electrons. The number of sulfone groups is 2. The smallest absolute Gasteiger partial charge is 0.253 e. The molecule has 2 heterocycles. The zero-order chi connectivity index (χ0) is 33.5. The molecule has 0 saturated carbocycles. The van der Waals surface area contributed by atoms with Gasteiger partial charge in [-0.3, -0.25) is 40.7 Å². The number of carbonyl (C=O) groups excluding carboxylic acids is 4. The van der Waals surface area contributed by atoms with Crippen molar-refractivity contribution in [2.45, 2.75) is 0 Å². The summed E-state index contributed by atoms with van der Waals surface area (Å²) in [6.45, 7) is 0. The van der Waals surface area contributed by atoms with Crippen molar-refractivity contribution < 1.29 is 36.0 Å². The number of aromatic nitrogens is 4. The molecule has 4 aromatic rings. The number of H-pyrrole nitrogens is 2. The summed E-state index contributed by atoms with van der Waals surface area (Å²) in [6.07, 6.45) is 2.82. The molecule has 2 aromatic carbocycles. The molecule has 6 N–H and O–H groups in total. The van der Waals surface area contributed by atoms with Crippen molar-refractivity contribution in [1.29, 1.82) is 0 Å². The summed E-state index contributed by atoms with van der Waals surface area (Å²) >= 11 is 11.7. The van der Waals surface area contributed by atoms with E-state index < -0.39 is 66.3 Å². The zero-order valence-corrected chi connectivity index (χ0v) is 26.5. The van der Waals surface area contributed by atoms with Gasteiger partial charge < -0.3 is 9.97 Å². The highest BCUT2D eigenvalue weighted by Crippen LogP contribution is 2.22. The fourth-order valence-electron chi connectivity index (χ4n) is 3.77. The fourth-order valence-corrected chi connectivity index (χ4v) is 6.11. The lowest BCUT2D eigenvalue weighted by Gasteiger charge is -2.09. The van der Waals surface area contributed by atoms with E-state index in [2.05, 4.69) is 30.6 Å². The molecule has 20 heteroatoms. The third-order valence-corrected chi connectivity index (χ3v) is 9.04. The van der Waals surface area contributed by atoms with Crippen molar-refractivity contribution in [3.63, 3.8) is 0 Å². The molecule has 2 aromatic heterocycles. The molecule has 0 aliphatic rings. The lowest BCUT2D eigenvalue weighted by atomic mass is 10.2. The molecule has 0 aliphatic carbocycles. The number of imidazole rings is 2. The van der Waals surface area contributed by atoms with Crippen molar-refractivity contribution >= 4 is 78.4 Å². The van der Waals surface area contributed by atoms with Crippen molar-refractivity contribution in [2.75, 3.05) is 33.6 Å². The summed E-state index contributed by atoms with van der Waals surface area (Å²) in [5.41, 5.74) is 5.98. The lowest BCUT2D eigenvalue weighted by molar-refractivity contribution is -0.126. The number of amides is 4.